The van der Waals surface area contributed by atoms with E-state index in [1.54, 1.807) is 24.3 Å². The minimum atomic E-state index is -0.997. The third kappa shape index (κ3) is 5.63. The van der Waals surface area contributed by atoms with E-state index in [1.807, 2.05) is 12.1 Å². The highest BCUT2D eigenvalue weighted by atomic mass is 35.5. The van der Waals surface area contributed by atoms with Gasteiger partial charge in [-0.3, -0.25) is 4.90 Å². The molecule has 39 heavy (non-hydrogen) atoms. The number of fused-ring (bicyclic) bond motifs is 1. The van der Waals surface area contributed by atoms with Crippen LogP contribution in [-0.4, -0.2) is 61.3 Å². The number of benzene rings is 1. The molecule has 11 heteroatoms. The number of carbonyl (C=O) groups is 1. The van der Waals surface area contributed by atoms with E-state index >= 15 is 0 Å². The van der Waals surface area contributed by atoms with Crippen LogP contribution in [0.2, 0.25) is 5.02 Å². The van der Waals surface area contributed by atoms with Gasteiger partial charge in [-0.15, -0.1) is 0 Å². The first-order chi connectivity index (χ1) is 18.9. The third-order valence-corrected chi connectivity index (χ3v) is 7.77. The van der Waals surface area contributed by atoms with E-state index in [9.17, 15) is 14.3 Å². The molecule has 1 aromatic carbocycles. The number of halogens is 2. The van der Waals surface area contributed by atoms with Crippen molar-refractivity contribution < 1.29 is 23.8 Å². The minimum absolute atomic E-state index is 0.0818. The number of hydrogen-bond acceptors (Lipinski definition) is 6. The number of carboxylic acid groups (broad SMARTS) is 1. The van der Waals surface area contributed by atoms with Gasteiger partial charge in [0.1, 0.15) is 23.9 Å². The highest BCUT2D eigenvalue weighted by Crippen LogP contribution is 2.30. The Balaban J connectivity index is 1.09. The van der Waals surface area contributed by atoms with Crippen molar-refractivity contribution in [1.82, 2.24) is 24.4 Å². The van der Waals surface area contributed by atoms with Gasteiger partial charge in [-0.25, -0.2) is 19.2 Å². The summed E-state index contributed by atoms with van der Waals surface area (Å²) in [6, 6.07) is 11.9. The first kappa shape index (κ1) is 25.8. The molecule has 4 aromatic rings. The molecule has 2 fully saturated rings. The molecular formula is C28H29ClFN5O4. The SMILES string of the molecule is O=C(O)c1cc2c(nc(CN3CCC(c4cccc(OCc5ccc(Cl)cc5F)n4)CC3)n2CC2CCO2)[nH]1. The number of likely N-dealkylation sites (tertiary alicyclic amines) is 1. The van der Waals surface area contributed by atoms with E-state index in [0.717, 1.165) is 56.0 Å². The van der Waals surface area contributed by atoms with E-state index in [0.29, 0.717) is 41.1 Å². The first-order valence-corrected chi connectivity index (χ1v) is 13.5. The summed E-state index contributed by atoms with van der Waals surface area (Å²) in [5, 5.41) is 9.72. The molecular weight excluding hydrogens is 525 g/mol. The van der Waals surface area contributed by atoms with Crippen LogP contribution in [0, 0.1) is 5.82 Å². The predicted octanol–water partition coefficient (Wildman–Crippen LogP) is 5.00. The number of rotatable bonds is 9. The number of piperidine rings is 1. The Morgan fingerprint density at radius 1 is 1.18 bits per heavy atom. The molecule has 204 valence electrons. The van der Waals surface area contributed by atoms with Gasteiger partial charge in [0.15, 0.2) is 5.65 Å². The van der Waals surface area contributed by atoms with Gasteiger partial charge < -0.3 is 24.1 Å². The molecule has 2 saturated heterocycles. The van der Waals surface area contributed by atoms with Crippen LogP contribution in [0.5, 0.6) is 5.88 Å². The van der Waals surface area contributed by atoms with Crippen molar-refractivity contribution >= 4 is 28.7 Å². The van der Waals surface area contributed by atoms with Crippen LogP contribution in [0.15, 0.2) is 42.5 Å². The fraction of sp³-hybridized carbons (Fsp3) is 0.393. The van der Waals surface area contributed by atoms with E-state index in [4.69, 9.17) is 31.0 Å². The molecule has 0 aliphatic carbocycles. The van der Waals surface area contributed by atoms with Crippen molar-refractivity contribution in [2.45, 2.75) is 51.0 Å². The number of ether oxygens (including phenoxy) is 2. The number of H-pyrrole nitrogens is 1. The van der Waals surface area contributed by atoms with Crippen molar-refractivity contribution in [2.75, 3.05) is 19.7 Å². The van der Waals surface area contributed by atoms with Gasteiger partial charge in [0.2, 0.25) is 5.88 Å². The smallest absolute Gasteiger partial charge is 0.352 e. The zero-order valence-electron chi connectivity index (χ0n) is 21.3. The molecule has 0 saturated carbocycles. The maximum absolute atomic E-state index is 14.1. The van der Waals surface area contributed by atoms with Crippen LogP contribution >= 0.6 is 11.6 Å². The minimum Gasteiger partial charge on any atom is -0.477 e. The highest BCUT2D eigenvalue weighted by Gasteiger charge is 2.27. The summed E-state index contributed by atoms with van der Waals surface area (Å²) in [7, 11) is 0. The molecule has 5 heterocycles. The number of aromatic nitrogens is 4. The molecule has 1 atom stereocenters. The maximum Gasteiger partial charge on any atom is 0.352 e. The zero-order chi connectivity index (χ0) is 26.9. The van der Waals surface area contributed by atoms with Crippen LogP contribution < -0.4 is 4.74 Å². The van der Waals surface area contributed by atoms with Crippen LogP contribution in [-0.2, 0) is 24.4 Å². The van der Waals surface area contributed by atoms with Gasteiger partial charge in [-0.2, -0.15) is 0 Å². The van der Waals surface area contributed by atoms with Gasteiger partial charge in [0.05, 0.1) is 24.7 Å². The number of pyridine rings is 1. The Kier molecular flexibility index (Phi) is 7.24. The van der Waals surface area contributed by atoms with Crippen molar-refractivity contribution in [3.05, 3.63) is 76.1 Å². The van der Waals surface area contributed by atoms with E-state index < -0.39 is 11.8 Å². The van der Waals surface area contributed by atoms with Crippen LogP contribution in [0.1, 0.15) is 52.8 Å². The van der Waals surface area contributed by atoms with Gasteiger partial charge in [0, 0.05) is 34.9 Å². The zero-order valence-corrected chi connectivity index (χ0v) is 22.0. The molecule has 0 bridgehead atoms. The molecule has 1 unspecified atom stereocenters. The van der Waals surface area contributed by atoms with Crippen molar-refractivity contribution in [3.8, 4) is 5.88 Å². The maximum atomic E-state index is 14.1. The number of nitrogens with zero attached hydrogens (tertiary/aromatic N) is 4. The molecule has 0 amide bonds. The lowest BCUT2D eigenvalue weighted by Crippen LogP contribution is -2.35. The fourth-order valence-electron chi connectivity index (χ4n) is 5.24. The average molecular weight is 554 g/mol. The molecule has 6 rings (SSSR count). The van der Waals surface area contributed by atoms with Crippen molar-refractivity contribution in [2.24, 2.45) is 0 Å². The van der Waals surface area contributed by atoms with E-state index in [-0.39, 0.29) is 18.4 Å². The largest absolute Gasteiger partial charge is 0.477 e. The Morgan fingerprint density at radius 2 is 2.00 bits per heavy atom. The Bertz CT molecular complexity index is 1490. The summed E-state index contributed by atoms with van der Waals surface area (Å²) in [5.41, 5.74) is 2.93. The fourth-order valence-corrected chi connectivity index (χ4v) is 5.40. The van der Waals surface area contributed by atoms with E-state index in [2.05, 4.69) is 14.5 Å². The second kappa shape index (κ2) is 11.0. The number of nitrogens with one attached hydrogen (secondary N) is 1. The average Bonchev–Trinajstić information content (AvgIpc) is 3.45. The number of imidazole rings is 1. The van der Waals surface area contributed by atoms with Gasteiger partial charge in [-0.05, 0) is 56.6 Å². The Labute approximate surface area is 229 Å². The van der Waals surface area contributed by atoms with Gasteiger partial charge in [0.25, 0.3) is 0 Å². The third-order valence-electron chi connectivity index (χ3n) is 7.54. The topological polar surface area (TPSA) is 106 Å². The van der Waals surface area contributed by atoms with Crippen LogP contribution in [0.25, 0.3) is 11.2 Å². The Morgan fingerprint density at radius 3 is 2.72 bits per heavy atom. The molecule has 3 aromatic heterocycles. The van der Waals surface area contributed by atoms with Crippen molar-refractivity contribution in [1.29, 1.82) is 0 Å². The second-order valence-electron chi connectivity index (χ2n) is 10.1. The lowest BCUT2D eigenvalue weighted by Gasteiger charge is -2.32. The quantitative estimate of drug-likeness (QED) is 0.300. The van der Waals surface area contributed by atoms with E-state index in [1.165, 1.54) is 6.07 Å². The number of aromatic carboxylic acids is 1. The number of hydrogen-bond donors (Lipinski definition) is 2. The lowest BCUT2D eigenvalue weighted by molar-refractivity contribution is -0.0592. The summed E-state index contributed by atoms with van der Waals surface area (Å²) in [4.78, 5) is 26.2. The Hall–Kier alpha value is -3.47. The normalized spacial score (nSPS) is 18.4. The summed E-state index contributed by atoms with van der Waals surface area (Å²) in [5.74, 6) is 0.285. The first-order valence-electron chi connectivity index (χ1n) is 13.1. The molecule has 2 aliphatic heterocycles. The highest BCUT2D eigenvalue weighted by molar-refractivity contribution is 6.30. The molecule has 2 aliphatic rings. The second-order valence-corrected chi connectivity index (χ2v) is 10.6. The monoisotopic (exact) mass is 553 g/mol. The molecule has 0 spiro atoms. The van der Waals surface area contributed by atoms with Crippen LogP contribution in [0.3, 0.4) is 0 Å². The lowest BCUT2D eigenvalue weighted by atomic mass is 9.93. The van der Waals surface area contributed by atoms with Gasteiger partial charge >= 0.3 is 5.97 Å². The predicted molar refractivity (Wildman–Crippen MR) is 143 cm³/mol. The number of aromatic amines is 1. The standard InChI is InChI=1S/C28H29ClFN5O4/c29-19-5-4-18(21(30)12-19)16-39-26-3-1-2-22(31-26)17-6-9-34(10-7-17)15-25-33-27-24(13-23(32-27)28(36)37)35(25)14-20-8-11-38-20/h1-5,12-13,17,20,32H,6-11,14-16H2,(H,36,37). The summed E-state index contributed by atoms with van der Waals surface area (Å²) >= 11 is 5.83. The van der Waals surface area contributed by atoms with Crippen LogP contribution in [0.4, 0.5) is 4.39 Å². The van der Waals surface area contributed by atoms with Gasteiger partial charge in [-0.1, -0.05) is 23.7 Å². The molecule has 9 nitrogen and oxygen atoms in total. The summed E-state index contributed by atoms with van der Waals surface area (Å²) in [6.45, 7) is 3.95. The summed E-state index contributed by atoms with van der Waals surface area (Å²) < 4.78 is 27.6. The summed E-state index contributed by atoms with van der Waals surface area (Å²) in [6.07, 6.45) is 3.00. The molecule has 0 radical (unpaired) electrons. The number of carboxylic acids is 1. The van der Waals surface area contributed by atoms with Crippen molar-refractivity contribution in [3.63, 3.8) is 0 Å². The molecule has 2 N–H and O–H groups in total.